The highest BCUT2D eigenvalue weighted by molar-refractivity contribution is 6.27. The van der Waals surface area contributed by atoms with Crippen molar-refractivity contribution in [3.8, 4) is 44.5 Å². The highest BCUT2D eigenvalue weighted by Crippen LogP contribution is 2.46. The summed E-state index contributed by atoms with van der Waals surface area (Å²) in [5.74, 6) is 0. The second-order valence-corrected chi connectivity index (χ2v) is 14.7. The van der Waals surface area contributed by atoms with Crippen LogP contribution in [0.15, 0.2) is 229 Å². The zero-order valence-electron chi connectivity index (χ0n) is 32.0. The monoisotopic (exact) mass is 740 g/mol. The summed E-state index contributed by atoms with van der Waals surface area (Å²) in [6.07, 6.45) is 1.66. The van der Waals surface area contributed by atoms with Gasteiger partial charge < -0.3 is 5.32 Å². The predicted molar refractivity (Wildman–Crippen MR) is 248 cm³/mol. The molecule has 10 aromatic rings. The van der Waals surface area contributed by atoms with E-state index in [1.807, 2.05) is 6.21 Å². The second-order valence-electron chi connectivity index (χ2n) is 14.7. The van der Waals surface area contributed by atoms with E-state index in [0.717, 1.165) is 39.1 Å². The number of rotatable bonds is 9. The first kappa shape index (κ1) is 34.9. The molecule has 1 N–H and O–H groups in total. The number of para-hydroxylation sites is 1. The molecule has 0 bridgehead atoms. The van der Waals surface area contributed by atoms with E-state index in [2.05, 4.69) is 230 Å². The quantitative estimate of drug-likeness (QED) is 0.0889. The third-order valence-corrected chi connectivity index (χ3v) is 11.2. The van der Waals surface area contributed by atoms with Crippen LogP contribution in [0, 0.1) is 0 Å². The number of aliphatic imine (C=N–C) groups is 1. The molecule has 0 radical (unpaired) electrons. The number of hydrogen-bond acceptors (Lipinski definition) is 2. The minimum absolute atomic E-state index is 0.356. The third kappa shape index (κ3) is 6.61. The molecule has 10 rings (SSSR count). The van der Waals surface area contributed by atoms with Gasteiger partial charge in [-0.2, -0.15) is 0 Å². The van der Waals surface area contributed by atoms with Crippen LogP contribution in [0.1, 0.15) is 17.3 Å². The maximum atomic E-state index is 5.33. The summed E-state index contributed by atoms with van der Waals surface area (Å²) in [6.45, 7) is 0. The molecule has 1 atom stereocenters. The summed E-state index contributed by atoms with van der Waals surface area (Å²) in [5, 5.41) is 11.4. The molecule has 0 heterocycles. The standard InChI is InChI=1S/C56H40N2/c1-4-18-40(19-5-1)45-25-12-15-30-50(45)56(58-52-31-17-16-26-46(52)41-20-6-2-7-21-41)57-38-39-32-34-44(35-33-39)54-49-29-14-13-28-48(49)53(43-23-8-3-9-24-43)51-37-36-42-22-10-11-27-47(42)55(51)54/h1-38,56,58H/b57-38+. The molecular weight excluding hydrogens is 701 g/mol. The van der Waals surface area contributed by atoms with Crippen molar-refractivity contribution in [3.05, 3.63) is 236 Å². The summed E-state index contributed by atoms with van der Waals surface area (Å²) in [6, 6.07) is 80.1. The van der Waals surface area contributed by atoms with E-state index in [1.54, 1.807) is 0 Å². The Balaban J connectivity index is 1.09. The van der Waals surface area contributed by atoms with E-state index < -0.39 is 0 Å². The van der Waals surface area contributed by atoms with E-state index in [4.69, 9.17) is 4.99 Å². The molecule has 0 aliphatic rings. The van der Waals surface area contributed by atoms with Gasteiger partial charge in [-0.1, -0.05) is 218 Å². The maximum Gasteiger partial charge on any atom is 0.145 e. The lowest BCUT2D eigenvalue weighted by molar-refractivity contribution is 0.845. The van der Waals surface area contributed by atoms with Crippen LogP contribution in [0.5, 0.6) is 0 Å². The van der Waals surface area contributed by atoms with Gasteiger partial charge >= 0.3 is 0 Å². The highest BCUT2D eigenvalue weighted by atomic mass is 15.1. The number of nitrogens with zero attached hydrogens (tertiary/aromatic N) is 1. The molecule has 274 valence electrons. The Labute approximate surface area is 339 Å². The predicted octanol–water partition coefficient (Wildman–Crippen LogP) is 15.0. The first-order valence-corrected chi connectivity index (χ1v) is 19.9. The van der Waals surface area contributed by atoms with Gasteiger partial charge in [-0.15, -0.1) is 0 Å². The normalized spacial score (nSPS) is 12.0. The fourth-order valence-electron chi connectivity index (χ4n) is 8.50. The van der Waals surface area contributed by atoms with E-state index in [0.29, 0.717) is 0 Å². The Hall–Kier alpha value is -7.55. The SMILES string of the molecule is C(=N\C(Nc1ccccc1-c1ccccc1)c1ccccc1-c1ccccc1)/c1ccc(-c2c3ccccc3c(-c3ccccc3)c3ccc4ccccc4c23)cc1. The summed E-state index contributed by atoms with van der Waals surface area (Å²) in [5.41, 5.74) is 12.7. The average Bonchev–Trinajstić information content (AvgIpc) is 3.30. The maximum absolute atomic E-state index is 5.33. The van der Waals surface area contributed by atoms with Crippen LogP contribution in [0.3, 0.4) is 0 Å². The molecule has 0 saturated heterocycles. The van der Waals surface area contributed by atoms with E-state index in [-0.39, 0.29) is 6.17 Å². The Morgan fingerprint density at radius 2 is 0.879 bits per heavy atom. The number of nitrogens with one attached hydrogen (secondary N) is 1. The van der Waals surface area contributed by atoms with Crippen LogP contribution < -0.4 is 5.32 Å². The summed E-state index contributed by atoms with van der Waals surface area (Å²) >= 11 is 0. The van der Waals surface area contributed by atoms with E-state index in [9.17, 15) is 0 Å². The van der Waals surface area contributed by atoms with Crippen molar-refractivity contribution in [2.45, 2.75) is 6.17 Å². The van der Waals surface area contributed by atoms with Crippen molar-refractivity contribution in [2.24, 2.45) is 4.99 Å². The molecule has 0 aliphatic heterocycles. The van der Waals surface area contributed by atoms with Crippen LogP contribution in [0.4, 0.5) is 5.69 Å². The molecule has 2 heteroatoms. The minimum Gasteiger partial charge on any atom is -0.360 e. The van der Waals surface area contributed by atoms with Crippen molar-refractivity contribution >= 4 is 44.2 Å². The molecule has 0 spiro atoms. The average molecular weight is 741 g/mol. The van der Waals surface area contributed by atoms with Gasteiger partial charge in [-0.05, 0) is 82.9 Å². The van der Waals surface area contributed by atoms with Crippen LogP contribution in [-0.2, 0) is 0 Å². The molecule has 1 unspecified atom stereocenters. The minimum atomic E-state index is -0.356. The molecule has 2 nitrogen and oxygen atoms in total. The first-order valence-electron chi connectivity index (χ1n) is 19.9. The lowest BCUT2D eigenvalue weighted by Gasteiger charge is -2.22. The van der Waals surface area contributed by atoms with Crippen molar-refractivity contribution in [1.29, 1.82) is 0 Å². The molecule has 0 aliphatic carbocycles. The number of anilines is 1. The zero-order valence-corrected chi connectivity index (χ0v) is 32.0. The Kier molecular flexibility index (Phi) is 9.35. The van der Waals surface area contributed by atoms with Crippen molar-refractivity contribution < 1.29 is 0 Å². The van der Waals surface area contributed by atoms with E-state index >= 15 is 0 Å². The van der Waals surface area contributed by atoms with Gasteiger partial charge in [-0.25, -0.2) is 0 Å². The van der Waals surface area contributed by atoms with Crippen LogP contribution in [0.25, 0.3) is 76.8 Å². The van der Waals surface area contributed by atoms with Crippen molar-refractivity contribution in [1.82, 2.24) is 0 Å². The molecule has 0 amide bonds. The van der Waals surface area contributed by atoms with Gasteiger partial charge in [0.05, 0.1) is 0 Å². The van der Waals surface area contributed by atoms with Gasteiger partial charge in [0, 0.05) is 23.0 Å². The number of benzene rings is 10. The Bertz CT molecular complexity index is 3060. The lowest BCUT2D eigenvalue weighted by Crippen LogP contribution is -2.11. The van der Waals surface area contributed by atoms with Gasteiger partial charge in [0.25, 0.3) is 0 Å². The molecule has 0 fully saturated rings. The van der Waals surface area contributed by atoms with Gasteiger partial charge in [-0.3, -0.25) is 4.99 Å². The molecule has 0 saturated carbocycles. The Morgan fingerprint density at radius 3 is 1.59 bits per heavy atom. The number of hydrogen-bond donors (Lipinski definition) is 1. The second kappa shape index (κ2) is 15.5. The third-order valence-electron chi connectivity index (χ3n) is 11.2. The van der Waals surface area contributed by atoms with Crippen LogP contribution in [-0.4, -0.2) is 6.21 Å². The Morgan fingerprint density at radius 1 is 0.362 bits per heavy atom. The molecule has 58 heavy (non-hydrogen) atoms. The summed E-state index contributed by atoms with van der Waals surface area (Å²) < 4.78 is 0. The number of fused-ring (bicyclic) bond motifs is 4. The van der Waals surface area contributed by atoms with Gasteiger partial charge in [0.15, 0.2) is 0 Å². The van der Waals surface area contributed by atoms with Gasteiger partial charge in [0.1, 0.15) is 6.17 Å². The van der Waals surface area contributed by atoms with Crippen LogP contribution >= 0.6 is 0 Å². The molecular formula is C56H40N2. The molecule has 10 aromatic carbocycles. The largest absolute Gasteiger partial charge is 0.360 e. The van der Waals surface area contributed by atoms with Crippen molar-refractivity contribution in [3.63, 3.8) is 0 Å². The van der Waals surface area contributed by atoms with Crippen LogP contribution in [0.2, 0.25) is 0 Å². The van der Waals surface area contributed by atoms with Crippen molar-refractivity contribution in [2.75, 3.05) is 5.32 Å². The molecule has 0 aromatic heterocycles. The van der Waals surface area contributed by atoms with E-state index in [1.165, 1.54) is 54.6 Å². The first-order chi connectivity index (χ1) is 28.8. The fourth-order valence-corrected chi connectivity index (χ4v) is 8.50. The summed E-state index contributed by atoms with van der Waals surface area (Å²) in [4.78, 5) is 5.33. The fraction of sp³-hybridized carbons (Fsp3) is 0.0179. The lowest BCUT2D eigenvalue weighted by atomic mass is 9.84. The zero-order chi connectivity index (χ0) is 38.7. The smallest absolute Gasteiger partial charge is 0.145 e. The highest BCUT2D eigenvalue weighted by Gasteiger charge is 2.20. The van der Waals surface area contributed by atoms with Gasteiger partial charge in [0.2, 0.25) is 0 Å². The topological polar surface area (TPSA) is 24.4 Å². The summed E-state index contributed by atoms with van der Waals surface area (Å²) in [7, 11) is 0.